The lowest BCUT2D eigenvalue weighted by Gasteiger charge is -2.11. The number of nitrogens with one attached hydrogen (secondary N) is 1. The first kappa shape index (κ1) is 18.3. The van der Waals surface area contributed by atoms with Crippen molar-refractivity contribution in [2.75, 3.05) is 11.9 Å². The largest absolute Gasteiger partial charge is 0.493 e. The number of ether oxygens (including phenoxy) is 2. The van der Waals surface area contributed by atoms with Gasteiger partial charge in [0, 0.05) is 23.6 Å². The molecule has 1 aliphatic rings. The summed E-state index contributed by atoms with van der Waals surface area (Å²) in [6.45, 7) is 4.63. The van der Waals surface area contributed by atoms with Gasteiger partial charge in [-0.25, -0.2) is 4.98 Å². The summed E-state index contributed by atoms with van der Waals surface area (Å²) >= 11 is 0. The van der Waals surface area contributed by atoms with Gasteiger partial charge >= 0.3 is 0 Å². The van der Waals surface area contributed by atoms with Crippen molar-refractivity contribution in [2.24, 2.45) is 5.92 Å². The molecular formula is C23H24N2O3. The molecule has 1 heterocycles. The minimum absolute atomic E-state index is 0.00713. The van der Waals surface area contributed by atoms with Crippen LogP contribution in [0, 0.1) is 12.8 Å². The summed E-state index contributed by atoms with van der Waals surface area (Å²) in [5.41, 5.74) is 2.59. The maximum atomic E-state index is 11.6. The van der Waals surface area contributed by atoms with Gasteiger partial charge in [0.1, 0.15) is 11.5 Å². The fourth-order valence-electron chi connectivity index (χ4n) is 2.93. The Hall–Kier alpha value is -3.08. The van der Waals surface area contributed by atoms with Crippen LogP contribution in [-0.4, -0.2) is 17.5 Å². The second kappa shape index (κ2) is 7.89. The number of carbonyl (C=O) groups is 1. The number of fused-ring (bicyclic) bond motifs is 1. The first-order chi connectivity index (χ1) is 13.6. The quantitative estimate of drug-likeness (QED) is 0.594. The highest BCUT2D eigenvalue weighted by Crippen LogP contribution is 2.32. The fourth-order valence-corrected chi connectivity index (χ4v) is 2.93. The second-order valence-corrected chi connectivity index (χ2v) is 7.24. The summed E-state index contributed by atoms with van der Waals surface area (Å²) in [5.74, 6) is 2.90. The Morgan fingerprint density at radius 3 is 2.75 bits per heavy atom. The summed E-state index contributed by atoms with van der Waals surface area (Å²) in [6, 6.07) is 15.3. The molecule has 0 radical (unpaired) electrons. The number of carbonyl (C=O) groups excluding carboxylic acids is 1. The number of hydrogen-bond acceptors (Lipinski definition) is 4. The summed E-state index contributed by atoms with van der Waals surface area (Å²) in [6.07, 6.45) is 3.01. The van der Waals surface area contributed by atoms with Crippen LogP contribution in [0.3, 0.4) is 0 Å². The Morgan fingerprint density at radius 2 is 2.00 bits per heavy atom. The van der Waals surface area contributed by atoms with Crippen LogP contribution in [-0.2, 0) is 4.79 Å². The van der Waals surface area contributed by atoms with E-state index in [1.807, 2.05) is 62.4 Å². The smallest absolute Gasteiger partial charge is 0.224 e. The maximum absolute atomic E-state index is 11.6. The summed E-state index contributed by atoms with van der Waals surface area (Å²) < 4.78 is 11.8. The van der Waals surface area contributed by atoms with Crippen LogP contribution >= 0.6 is 0 Å². The van der Waals surface area contributed by atoms with Crippen LogP contribution in [0.5, 0.6) is 17.4 Å². The molecule has 1 fully saturated rings. The lowest BCUT2D eigenvalue weighted by atomic mass is 10.2. The van der Waals surface area contributed by atoms with E-state index in [4.69, 9.17) is 9.47 Å². The minimum atomic E-state index is -0.00713. The zero-order chi connectivity index (χ0) is 19.5. The van der Waals surface area contributed by atoms with E-state index >= 15 is 0 Å². The fraction of sp³-hybridized carbons (Fsp3) is 0.304. The molecule has 1 amide bonds. The topological polar surface area (TPSA) is 60.5 Å². The standard InChI is InChI=1S/C23H24N2O3/c1-3-22(26)24-18-7-9-20-17(13-18)6-11-23(25-20)28-21-10-8-19(12-15(21)2)27-14-16-4-5-16/h6-13,16H,3-5,14H2,1-2H3,(H,24,26). The molecule has 3 aromatic rings. The van der Waals surface area contributed by atoms with Crippen molar-refractivity contribution in [3.8, 4) is 17.4 Å². The number of aromatic nitrogens is 1. The van der Waals surface area contributed by atoms with E-state index in [1.54, 1.807) is 0 Å². The van der Waals surface area contributed by atoms with Gasteiger partial charge in [0.15, 0.2) is 0 Å². The van der Waals surface area contributed by atoms with E-state index in [1.165, 1.54) is 12.8 Å². The van der Waals surface area contributed by atoms with Crippen LogP contribution in [0.2, 0.25) is 0 Å². The highest BCUT2D eigenvalue weighted by Gasteiger charge is 2.22. The normalized spacial score (nSPS) is 13.4. The Bertz CT molecular complexity index is 1010. The van der Waals surface area contributed by atoms with Gasteiger partial charge in [0.2, 0.25) is 11.8 Å². The summed E-state index contributed by atoms with van der Waals surface area (Å²) in [4.78, 5) is 16.1. The predicted molar refractivity (Wildman–Crippen MR) is 110 cm³/mol. The predicted octanol–water partition coefficient (Wildman–Crippen LogP) is 5.47. The van der Waals surface area contributed by atoms with E-state index in [0.717, 1.165) is 46.2 Å². The number of rotatable bonds is 7. The van der Waals surface area contributed by atoms with Gasteiger partial charge in [-0.15, -0.1) is 0 Å². The Morgan fingerprint density at radius 1 is 1.14 bits per heavy atom. The van der Waals surface area contributed by atoms with Crippen LogP contribution in [0.25, 0.3) is 10.9 Å². The number of anilines is 1. The number of pyridine rings is 1. The molecule has 5 heteroatoms. The summed E-state index contributed by atoms with van der Waals surface area (Å²) in [7, 11) is 0. The van der Waals surface area contributed by atoms with Crippen molar-refractivity contribution in [2.45, 2.75) is 33.1 Å². The Kier molecular flexibility index (Phi) is 5.15. The molecule has 1 aromatic heterocycles. The molecule has 4 rings (SSSR count). The number of hydrogen-bond donors (Lipinski definition) is 1. The zero-order valence-electron chi connectivity index (χ0n) is 16.2. The lowest BCUT2D eigenvalue weighted by Crippen LogP contribution is -2.09. The second-order valence-electron chi connectivity index (χ2n) is 7.24. The maximum Gasteiger partial charge on any atom is 0.224 e. The lowest BCUT2D eigenvalue weighted by molar-refractivity contribution is -0.115. The molecule has 1 N–H and O–H groups in total. The molecule has 1 aliphatic carbocycles. The number of benzene rings is 2. The first-order valence-electron chi connectivity index (χ1n) is 9.72. The van der Waals surface area contributed by atoms with Gasteiger partial charge in [-0.05, 0) is 73.7 Å². The van der Waals surface area contributed by atoms with Crippen molar-refractivity contribution < 1.29 is 14.3 Å². The van der Waals surface area contributed by atoms with Crippen LogP contribution in [0.4, 0.5) is 5.69 Å². The third-order valence-electron chi connectivity index (χ3n) is 4.81. The van der Waals surface area contributed by atoms with E-state index in [9.17, 15) is 4.79 Å². The van der Waals surface area contributed by atoms with Gasteiger partial charge in [-0.1, -0.05) is 6.92 Å². The van der Waals surface area contributed by atoms with Crippen molar-refractivity contribution in [1.29, 1.82) is 0 Å². The third kappa shape index (κ3) is 4.42. The van der Waals surface area contributed by atoms with Gasteiger partial charge in [0.25, 0.3) is 0 Å². The molecule has 28 heavy (non-hydrogen) atoms. The monoisotopic (exact) mass is 376 g/mol. The van der Waals surface area contributed by atoms with E-state index < -0.39 is 0 Å². The average Bonchev–Trinajstić information content (AvgIpc) is 3.53. The molecule has 1 saturated carbocycles. The molecule has 0 unspecified atom stereocenters. The molecule has 5 nitrogen and oxygen atoms in total. The number of aryl methyl sites for hydroxylation is 1. The summed E-state index contributed by atoms with van der Waals surface area (Å²) in [5, 5.41) is 3.81. The highest BCUT2D eigenvalue weighted by molar-refractivity contribution is 5.93. The van der Waals surface area contributed by atoms with Crippen molar-refractivity contribution in [3.63, 3.8) is 0 Å². The highest BCUT2D eigenvalue weighted by atomic mass is 16.5. The third-order valence-corrected chi connectivity index (χ3v) is 4.81. The zero-order valence-corrected chi connectivity index (χ0v) is 16.2. The molecule has 0 atom stereocenters. The van der Waals surface area contributed by atoms with Crippen LogP contribution in [0.15, 0.2) is 48.5 Å². The molecular weight excluding hydrogens is 352 g/mol. The molecule has 0 spiro atoms. The molecule has 0 aliphatic heterocycles. The number of amides is 1. The SMILES string of the molecule is CCC(=O)Nc1ccc2nc(Oc3ccc(OCC4CC4)cc3C)ccc2c1. The van der Waals surface area contributed by atoms with Crippen molar-refractivity contribution in [1.82, 2.24) is 4.98 Å². The van der Waals surface area contributed by atoms with Gasteiger partial charge in [-0.2, -0.15) is 0 Å². The Labute approximate surface area is 164 Å². The van der Waals surface area contributed by atoms with Crippen molar-refractivity contribution >= 4 is 22.5 Å². The number of nitrogens with zero attached hydrogens (tertiary/aromatic N) is 1. The average molecular weight is 376 g/mol. The molecule has 0 bridgehead atoms. The Balaban J connectivity index is 1.48. The molecule has 144 valence electrons. The van der Waals surface area contributed by atoms with E-state index in [0.29, 0.717) is 12.3 Å². The van der Waals surface area contributed by atoms with Gasteiger partial charge < -0.3 is 14.8 Å². The first-order valence-corrected chi connectivity index (χ1v) is 9.72. The van der Waals surface area contributed by atoms with Crippen LogP contribution < -0.4 is 14.8 Å². The van der Waals surface area contributed by atoms with E-state index in [-0.39, 0.29) is 5.91 Å². The van der Waals surface area contributed by atoms with Gasteiger partial charge in [0.05, 0.1) is 12.1 Å². The molecule has 0 saturated heterocycles. The van der Waals surface area contributed by atoms with E-state index in [2.05, 4.69) is 10.3 Å². The molecule has 2 aromatic carbocycles. The van der Waals surface area contributed by atoms with Crippen molar-refractivity contribution in [3.05, 3.63) is 54.1 Å². The van der Waals surface area contributed by atoms with Crippen LogP contribution in [0.1, 0.15) is 31.7 Å². The minimum Gasteiger partial charge on any atom is -0.493 e. The van der Waals surface area contributed by atoms with Gasteiger partial charge in [-0.3, -0.25) is 4.79 Å².